The molecule has 168 valence electrons. The van der Waals surface area contributed by atoms with E-state index in [1.807, 2.05) is 60.7 Å². The first kappa shape index (κ1) is 22.3. The standard InChI is InChI=1S/C29H30N2O2/c1-19-15-21(11-13-27(19)32-25-9-5-7-23(30)17-25)29(3,4)22-12-14-28(20(2)16-22)33-26-10-6-8-24(31)18-26/h5-18H,30-31H2,1-4H3. The summed E-state index contributed by atoms with van der Waals surface area (Å²) in [4.78, 5) is 0. The minimum absolute atomic E-state index is 0.194. The Labute approximate surface area is 195 Å². The van der Waals surface area contributed by atoms with Crippen LogP contribution in [0.2, 0.25) is 0 Å². The van der Waals surface area contributed by atoms with Gasteiger partial charge in [0.25, 0.3) is 0 Å². The van der Waals surface area contributed by atoms with Crippen molar-refractivity contribution < 1.29 is 9.47 Å². The van der Waals surface area contributed by atoms with Crippen molar-refractivity contribution in [3.8, 4) is 23.0 Å². The summed E-state index contributed by atoms with van der Waals surface area (Å²) in [6.45, 7) is 8.59. The van der Waals surface area contributed by atoms with Crippen LogP contribution in [0.15, 0.2) is 84.9 Å². The summed E-state index contributed by atoms with van der Waals surface area (Å²) in [7, 11) is 0. The van der Waals surface area contributed by atoms with Gasteiger partial charge in [-0.3, -0.25) is 0 Å². The molecule has 0 saturated carbocycles. The Bertz CT molecular complexity index is 1200. The van der Waals surface area contributed by atoms with Crippen LogP contribution < -0.4 is 20.9 Å². The number of aryl methyl sites for hydroxylation is 2. The van der Waals surface area contributed by atoms with Gasteiger partial charge in [0.2, 0.25) is 0 Å². The first-order valence-electron chi connectivity index (χ1n) is 11.0. The molecule has 0 radical (unpaired) electrons. The maximum absolute atomic E-state index is 6.06. The largest absolute Gasteiger partial charge is 0.457 e. The van der Waals surface area contributed by atoms with E-state index in [1.54, 1.807) is 0 Å². The van der Waals surface area contributed by atoms with E-state index in [4.69, 9.17) is 20.9 Å². The highest BCUT2D eigenvalue weighted by Crippen LogP contribution is 2.37. The molecule has 0 aliphatic rings. The van der Waals surface area contributed by atoms with Crippen LogP contribution in [0.1, 0.15) is 36.1 Å². The smallest absolute Gasteiger partial charge is 0.130 e. The third-order valence-corrected chi connectivity index (χ3v) is 5.97. The zero-order valence-electron chi connectivity index (χ0n) is 19.6. The number of anilines is 2. The molecular weight excluding hydrogens is 408 g/mol. The van der Waals surface area contributed by atoms with E-state index in [0.29, 0.717) is 11.4 Å². The van der Waals surface area contributed by atoms with E-state index >= 15 is 0 Å². The fourth-order valence-corrected chi connectivity index (χ4v) is 3.88. The molecule has 0 aliphatic carbocycles. The van der Waals surface area contributed by atoms with Gasteiger partial charge in [-0.1, -0.05) is 50.2 Å². The zero-order valence-corrected chi connectivity index (χ0v) is 19.6. The molecule has 33 heavy (non-hydrogen) atoms. The SMILES string of the molecule is Cc1cc(C(C)(C)c2ccc(Oc3cccc(N)c3)c(C)c2)ccc1Oc1cccc(N)c1. The summed E-state index contributed by atoms with van der Waals surface area (Å²) in [6.07, 6.45) is 0. The van der Waals surface area contributed by atoms with Gasteiger partial charge >= 0.3 is 0 Å². The van der Waals surface area contributed by atoms with Crippen LogP contribution in [0.5, 0.6) is 23.0 Å². The van der Waals surface area contributed by atoms with Crippen LogP contribution in [0.3, 0.4) is 0 Å². The Morgan fingerprint density at radius 2 is 1.00 bits per heavy atom. The van der Waals surface area contributed by atoms with Gasteiger partial charge in [0.1, 0.15) is 23.0 Å². The minimum Gasteiger partial charge on any atom is -0.457 e. The van der Waals surface area contributed by atoms with Gasteiger partial charge in [-0.25, -0.2) is 0 Å². The van der Waals surface area contributed by atoms with Crippen molar-refractivity contribution in [2.45, 2.75) is 33.1 Å². The molecule has 0 bridgehead atoms. The van der Waals surface area contributed by atoms with Crippen LogP contribution in [0.4, 0.5) is 11.4 Å². The number of nitrogen functional groups attached to an aromatic ring is 2. The quantitative estimate of drug-likeness (QED) is 0.308. The molecule has 4 aromatic carbocycles. The first-order chi connectivity index (χ1) is 15.7. The first-order valence-corrected chi connectivity index (χ1v) is 11.0. The summed E-state index contributed by atoms with van der Waals surface area (Å²) in [5.74, 6) is 3.11. The second-order valence-electron chi connectivity index (χ2n) is 8.93. The van der Waals surface area contributed by atoms with Gasteiger partial charge in [-0.15, -0.1) is 0 Å². The van der Waals surface area contributed by atoms with Crippen molar-refractivity contribution in [2.24, 2.45) is 0 Å². The second kappa shape index (κ2) is 8.91. The van der Waals surface area contributed by atoms with Gasteiger partial charge < -0.3 is 20.9 Å². The lowest BCUT2D eigenvalue weighted by atomic mass is 9.77. The number of rotatable bonds is 6. The van der Waals surface area contributed by atoms with Crippen molar-refractivity contribution >= 4 is 11.4 Å². The molecule has 0 unspecified atom stereocenters. The number of hydrogen-bond acceptors (Lipinski definition) is 4. The number of nitrogens with two attached hydrogens (primary N) is 2. The molecule has 0 heterocycles. The fraction of sp³-hybridized carbons (Fsp3) is 0.172. The fourth-order valence-electron chi connectivity index (χ4n) is 3.88. The minimum atomic E-state index is -0.194. The van der Waals surface area contributed by atoms with Gasteiger partial charge in [0.15, 0.2) is 0 Å². The molecule has 0 fully saturated rings. The Morgan fingerprint density at radius 1 is 0.576 bits per heavy atom. The Kier molecular flexibility index (Phi) is 6.01. The molecule has 4 N–H and O–H groups in total. The number of benzene rings is 4. The molecule has 0 atom stereocenters. The maximum atomic E-state index is 6.06. The van der Waals surface area contributed by atoms with Crippen molar-refractivity contribution in [1.82, 2.24) is 0 Å². The molecule has 0 aromatic heterocycles. The summed E-state index contributed by atoms with van der Waals surface area (Å²) < 4.78 is 12.1. The van der Waals surface area contributed by atoms with E-state index in [2.05, 4.69) is 52.0 Å². The van der Waals surface area contributed by atoms with Crippen molar-refractivity contribution in [1.29, 1.82) is 0 Å². The van der Waals surface area contributed by atoms with Gasteiger partial charge in [0, 0.05) is 28.9 Å². The lowest BCUT2D eigenvalue weighted by Crippen LogP contribution is -2.19. The Balaban J connectivity index is 1.57. The predicted octanol–water partition coefficient (Wildman–Crippen LogP) is 7.38. The van der Waals surface area contributed by atoms with Crippen LogP contribution in [0.25, 0.3) is 0 Å². The topological polar surface area (TPSA) is 70.5 Å². The predicted molar refractivity (Wildman–Crippen MR) is 136 cm³/mol. The molecule has 0 saturated heterocycles. The van der Waals surface area contributed by atoms with Crippen molar-refractivity contribution in [3.05, 3.63) is 107 Å². The summed E-state index contributed by atoms with van der Waals surface area (Å²) in [5, 5.41) is 0. The molecular formula is C29H30N2O2. The Morgan fingerprint density at radius 3 is 1.36 bits per heavy atom. The third-order valence-electron chi connectivity index (χ3n) is 5.97. The average molecular weight is 439 g/mol. The van der Waals surface area contributed by atoms with Gasteiger partial charge in [-0.05, 0) is 72.5 Å². The summed E-state index contributed by atoms with van der Waals surface area (Å²) in [5.41, 5.74) is 17.5. The highest BCUT2D eigenvalue weighted by Gasteiger charge is 2.24. The van der Waals surface area contributed by atoms with E-state index in [0.717, 1.165) is 34.1 Å². The lowest BCUT2D eigenvalue weighted by Gasteiger charge is -2.28. The molecule has 0 spiro atoms. The highest BCUT2D eigenvalue weighted by molar-refractivity contribution is 5.51. The van der Waals surface area contributed by atoms with E-state index in [-0.39, 0.29) is 5.41 Å². The molecule has 4 nitrogen and oxygen atoms in total. The van der Waals surface area contributed by atoms with Gasteiger partial charge in [-0.2, -0.15) is 0 Å². The highest BCUT2D eigenvalue weighted by atomic mass is 16.5. The molecule has 4 aromatic rings. The zero-order chi connectivity index (χ0) is 23.6. The van der Waals surface area contributed by atoms with Crippen LogP contribution >= 0.6 is 0 Å². The Hall–Kier alpha value is -3.92. The van der Waals surface area contributed by atoms with Crippen molar-refractivity contribution in [2.75, 3.05) is 11.5 Å². The van der Waals surface area contributed by atoms with Crippen LogP contribution in [-0.4, -0.2) is 0 Å². The van der Waals surface area contributed by atoms with Crippen molar-refractivity contribution in [3.63, 3.8) is 0 Å². The number of hydrogen-bond donors (Lipinski definition) is 2. The maximum Gasteiger partial charge on any atom is 0.130 e. The average Bonchev–Trinajstić information content (AvgIpc) is 2.76. The molecule has 0 aliphatic heterocycles. The monoisotopic (exact) mass is 438 g/mol. The summed E-state index contributed by atoms with van der Waals surface area (Å²) in [6, 6.07) is 27.6. The number of ether oxygens (including phenoxy) is 2. The van der Waals surface area contributed by atoms with E-state index in [1.165, 1.54) is 11.1 Å². The van der Waals surface area contributed by atoms with Crippen LogP contribution in [0, 0.1) is 13.8 Å². The molecule has 4 rings (SSSR count). The van der Waals surface area contributed by atoms with Crippen LogP contribution in [-0.2, 0) is 5.41 Å². The van der Waals surface area contributed by atoms with Gasteiger partial charge in [0.05, 0.1) is 0 Å². The normalized spacial score (nSPS) is 11.3. The van der Waals surface area contributed by atoms with E-state index in [9.17, 15) is 0 Å². The molecule has 0 amide bonds. The molecule has 4 heteroatoms. The second-order valence-corrected chi connectivity index (χ2v) is 8.93. The van der Waals surface area contributed by atoms with E-state index < -0.39 is 0 Å². The lowest BCUT2D eigenvalue weighted by molar-refractivity contribution is 0.477. The summed E-state index contributed by atoms with van der Waals surface area (Å²) >= 11 is 0. The third kappa shape index (κ3) is 4.96.